The predicted molar refractivity (Wildman–Crippen MR) is 70.5 cm³/mol. The number of nitriles is 1. The van der Waals surface area contributed by atoms with E-state index in [0.717, 1.165) is 12.1 Å². The zero-order valence-electron chi connectivity index (χ0n) is 11.8. The summed E-state index contributed by atoms with van der Waals surface area (Å²) >= 11 is 0. The molecule has 0 saturated heterocycles. The van der Waals surface area contributed by atoms with Gasteiger partial charge in [-0.2, -0.15) is 18.4 Å². The average Bonchev–Trinajstić information content (AvgIpc) is 2.33. The van der Waals surface area contributed by atoms with Crippen molar-refractivity contribution < 1.29 is 22.7 Å². The normalized spacial score (nSPS) is 11.7. The molecule has 0 saturated carbocycles. The van der Waals surface area contributed by atoms with Gasteiger partial charge in [0.25, 0.3) is 0 Å². The van der Waals surface area contributed by atoms with Gasteiger partial charge < -0.3 is 10.1 Å². The summed E-state index contributed by atoms with van der Waals surface area (Å²) in [4.78, 5) is 11.5. The highest BCUT2D eigenvalue weighted by molar-refractivity contribution is 5.75. The van der Waals surface area contributed by atoms with E-state index >= 15 is 0 Å². The summed E-state index contributed by atoms with van der Waals surface area (Å²) in [5, 5.41) is 11.2. The standard InChI is InChI=1S/C14H15F3N2O2/c1-13(2,3)21-12(20)8-19-10-5-4-9(7-18)11(6-10)14(15,16)17/h4-6,19H,8H2,1-3H3. The summed E-state index contributed by atoms with van der Waals surface area (Å²) in [6, 6.07) is 4.64. The number of rotatable bonds is 3. The number of hydrogen-bond acceptors (Lipinski definition) is 4. The van der Waals surface area contributed by atoms with Gasteiger partial charge in [0.05, 0.1) is 17.2 Å². The summed E-state index contributed by atoms with van der Waals surface area (Å²) in [5.74, 6) is -0.583. The molecule has 21 heavy (non-hydrogen) atoms. The second-order valence-corrected chi connectivity index (χ2v) is 5.31. The van der Waals surface area contributed by atoms with Gasteiger partial charge in [0.15, 0.2) is 0 Å². The first kappa shape index (κ1) is 16.8. The molecule has 1 rings (SSSR count). The SMILES string of the molecule is CC(C)(C)OC(=O)CNc1ccc(C#N)c(C(F)(F)F)c1. The van der Waals surface area contributed by atoms with Crippen LogP contribution in [0.25, 0.3) is 0 Å². The van der Waals surface area contributed by atoms with E-state index in [1.54, 1.807) is 20.8 Å². The highest BCUT2D eigenvalue weighted by Gasteiger charge is 2.33. The van der Waals surface area contributed by atoms with Gasteiger partial charge in [0.2, 0.25) is 0 Å². The summed E-state index contributed by atoms with van der Waals surface area (Å²) in [5.41, 5.74) is -2.09. The van der Waals surface area contributed by atoms with E-state index in [4.69, 9.17) is 10.00 Å². The first-order valence-electron chi connectivity index (χ1n) is 6.10. The van der Waals surface area contributed by atoms with Crippen molar-refractivity contribution in [2.24, 2.45) is 0 Å². The fourth-order valence-corrected chi connectivity index (χ4v) is 1.54. The maximum absolute atomic E-state index is 12.8. The third-order valence-electron chi connectivity index (χ3n) is 2.30. The van der Waals surface area contributed by atoms with E-state index < -0.39 is 28.9 Å². The van der Waals surface area contributed by atoms with Crippen LogP contribution < -0.4 is 5.32 Å². The van der Waals surface area contributed by atoms with E-state index in [-0.39, 0.29) is 12.2 Å². The topological polar surface area (TPSA) is 62.1 Å². The molecule has 114 valence electrons. The van der Waals surface area contributed by atoms with Crippen molar-refractivity contribution in [3.63, 3.8) is 0 Å². The first-order valence-corrected chi connectivity index (χ1v) is 6.10. The Morgan fingerprint density at radius 1 is 1.33 bits per heavy atom. The van der Waals surface area contributed by atoms with Crippen molar-refractivity contribution in [1.29, 1.82) is 5.26 Å². The third-order valence-corrected chi connectivity index (χ3v) is 2.30. The molecule has 1 aromatic carbocycles. The largest absolute Gasteiger partial charge is 0.459 e. The van der Waals surface area contributed by atoms with Crippen LogP contribution in [0.1, 0.15) is 31.9 Å². The van der Waals surface area contributed by atoms with Gasteiger partial charge in [-0.3, -0.25) is 4.79 Å². The van der Waals surface area contributed by atoms with Gasteiger partial charge in [-0.15, -0.1) is 0 Å². The van der Waals surface area contributed by atoms with Gasteiger partial charge in [0, 0.05) is 5.69 Å². The number of nitrogens with zero attached hydrogens (tertiary/aromatic N) is 1. The second-order valence-electron chi connectivity index (χ2n) is 5.31. The Morgan fingerprint density at radius 3 is 2.43 bits per heavy atom. The fourth-order valence-electron chi connectivity index (χ4n) is 1.54. The summed E-state index contributed by atoms with van der Waals surface area (Å²) in [6.45, 7) is 4.80. The van der Waals surface area contributed by atoms with Crippen molar-refractivity contribution in [3.05, 3.63) is 29.3 Å². The molecule has 0 aliphatic rings. The number of nitrogens with one attached hydrogen (secondary N) is 1. The highest BCUT2D eigenvalue weighted by Crippen LogP contribution is 2.33. The van der Waals surface area contributed by atoms with Crippen LogP contribution in [0.5, 0.6) is 0 Å². The maximum Gasteiger partial charge on any atom is 0.417 e. The van der Waals surface area contributed by atoms with Crippen LogP contribution in [0, 0.1) is 11.3 Å². The predicted octanol–water partition coefficient (Wildman–Crippen LogP) is 3.33. The van der Waals surface area contributed by atoms with Crippen molar-refractivity contribution in [2.75, 3.05) is 11.9 Å². The number of carbonyl (C=O) groups excluding carboxylic acids is 1. The molecule has 7 heteroatoms. The lowest BCUT2D eigenvalue weighted by molar-refractivity contribution is -0.152. The number of hydrogen-bond donors (Lipinski definition) is 1. The number of esters is 1. The van der Waals surface area contributed by atoms with Crippen LogP contribution in [0.15, 0.2) is 18.2 Å². The van der Waals surface area contributed by atoms with Gasteiger partial charge in [-0.25, -0.2) is 0 Å². The molecule has 4 nitrogen and oxygen atoms in total. The number of ether oxygens (including phenoxy) is 1. The quantitative estimate of drug-likeness (QED) is 0.870. The molecule has 0 amide bonds. The zero-order chi connectivity index (χ0) is 16.3. The third kappa shape index (κ3) is 5.34. The summed E-state index contributed by atoms with van der Waals surface area (Å²) < 4.78 is 43.3. The number of halogens is 3. The Kier molecular flexibility index (Phi) is 4.84. The monoisotopic (exact) mass is 300 g/mol. The van der Waals surface area contributed by atoms with Gasteiger partial charge in [0.1, 0.15) is 12.1 Å². The van der Waals surface area contributed by atoms with E-state index in [0.29, 0.717) is 0 Å². The van der Waals surface area contributed by atoms with Crippen molar-refractivity contribution in [2.45, 2.75) is 32.5 Å². The van der Waals surface area contributed by atoms with Gasteiger partial charge in [-0.1, -0.05) is 0 Å². The summed E-state index contributed by atoms with van der Waals surface area (Å²) in [7, 11) is 0. The van der Waals surface area contributed by atoms with Crippen LogP contribution in [-0.4, -0.2) is 18.1 Å². The molecule has 0 fully saturated rings. The number of carbonyl (C=O) groups is 1. The minimum absolute atomic E-state index is 0.0900. The van der Waals surface area contributed by atoms with Gasteiger partial charge >= 0.3 is 12.1 Å². The molecular formula is C14H15F3N2O2. The average molecular weight is 300 g/mol. The first-order chi connectivity index (χ1) is 9.53. The number of anilines is 1. The second kappa shape index (κ2) is 6.04. The molecule has 0 heterocycles. The van der Waals surface area contributed by atoms with Crippen LogP contribution >= 0.6 is 0 Å². The molecule has 0 aliphatic heterocycles. The molecule has 0 radical (unpaired) electrons. The van der Waals surface area contributed by atoms with Crippen molar-refractivity contribution >= 4 is 11.7 Å². The lowest BCUT2D eigenvalue weighted by atomic mass is 10.1. The van der Waals surface area contributed by atoms with Crippen LogP contribution in [0.3, 0.4) is 0 Å². The van der Waals surface area contributed by atoms with E-state index in [1.807, 2.05) is 0 Å². The van der Waals surface area contributed by atoms with Crippen LogP contribution in [0.2, 0.25) is 0 Å². The van der Waals surface area contributed by atoms with Crippen molar-refractivity contribution in [1.82, 2.24) is 0 Å². The molecule has 0 atom stereocenters. The number of benzene rings is 1. The molecule has 1 aromatic rings. The molecule has 0 aromatic heterocycles. The molecule has 0 spiro atoms. The fraction of sp³-hybridized carbons (Fsp3) is 0.429. The Balaban J connectivity index is 2.83. The van der Waals surface area contributed by atoms with Gasteiger partial charge in [-0.05, 0) is 39.0 Å². The Labute approximate surface area is 120 Å². The molecule has 0 unspecified atom stereocenters. The highest BCUT2D eigenvalue weighted by atomic mass is 19.4. The maximum atomic E-state index is 12.8. The summed E-state index contributed by atoms with van der Waals surface area (Å²) in [6.07, 6.45) is -4.63. The Bertz CT molecular complexity index is 569. The molecule has 0 aliphatic carbocycles. The smallest absolute Gasteiger partial charge is 0.417 e. The lowest BCUT2D eigenvalue weighted by Gasteiger charge is -2.20. The molecular weight excluding hydrogens is 285 g/mol. The Hall–Kier alpha value is -2.23. The van der Waals surface area contributed by atoms with Crippen molar-refractivity contribution in [3.8, 4) is 6.07 Å². The molecule has 1 N–H and O–H groups in total. The van der Waals surface area contributed by atoms with E-state index in [1.165, 1.54) is 12.1 Å². The lowest BCUT2D eigenvalue weighted by Crippen LogP contribution is -2.28. The minimum Gasteiger partial charge on any atom is -0.459 e. The van der Waals surface area contributed by atoms with E-state index in [9.17, 15) is 18.0 Å². The molecule has 0 bridgehead atoms. The minimum atomic E-state index is -4.63. The number of alkyl halides is 3. The zero-order valence-corrected chi connectivity index (χ0v) is 11.8. The van der Waals surface area contributed by atoms with Crippen LogP contribution in [-0.2, 0) is 15.7 Å². The van der Waals surface area contributed by atoms with E-state index in [2.05, 4.69) is 5.32 Å². The van der Waals surface area contributed by atoms with Crippen LogP contribution in [0.4, 0.5) is 18.9 Å². The Morgan fingerprint density at radius 2 is 1.95 bits per heavy atom.